The van der Waals surface area contributed by atoms with Crippen molar-refractivity contribution in [1.82, 2.24) is 0 Å². The number of anilines is 1. The van der Waals surface area contributed by atoms with Gasteiger partial charge in [-0.25, -0.2) is 0 Å². The molecule has 0 atom stereocenters. The maximum Gasteiger partial charge on any atom is 0.196 e. The molecule has 0 spiro atoms. The van der Waals surface area contributed by atoms with Crippen molar-refractivity contribution in [2.75, 3.05) is 5.73 Å². The van der Waals surface area contributed by atoms with Gasteiger partial charge in [-0.3, -0.25) is 4.79 Å². The molecule has 24 heavy (non-hydrogen) atoms. The van der Waals surface area contributed by atoms with E-state index >= 15 is 0 Å². The zero-order valence-electron chi connectivity index (χ0n) is 13.6. The molecule has 120 valence electrons. The highest BCUT2D eigenvalue weighted by molar-refractivity contribution is 5.87. The van der Waals surface area contributed by atoms with Crippen LogP contribution >= 0.6 is 0 Å². The van der Waals surface area contributed by atoms with Crippen molar-refractivity contribution in [3.63, 3.8) is 0 Å². The Kier molecular flexibility index (Phi) is 3.49. The highest BCUT2D eigenvalue weighted by atomic mass is 16.3. The molecule has 3 heteroatoms. The molecule has 3 nitrogen and oxygen atoms in total. The number of allylic oxidation sites excluding steroid dienone is 1. The molecule has 4 rings (SSSR count). The number of nitrogen functional groups attached to an aromatic ring is 1. The van der Waals surface area contributed by atoms with E-state index in [4.69, 9.17) is 10.2 Å². The first kappa shape index (κ1) is 14.8. The Hall–Kier alpha value is -2.81. The summed E-state index contributed by atoms with van der Waals surface area (Å²) >= 11 is 0. The van der Waals surface area contributed by atoms with Crippen LogP contribution in [0.2, 0.25) is 0 Å². The largest absolute Gasteiger partial charge is 0.456 e. The number of benzene rings is 2. The van der Waals surface area contributed by atoms with Crippen molar-refractivity contribution >= 4 is 28.3 Å². The van der Waals surface area contributed by atoms with Gasteiger partial charge in [0.05, 0.1) is 5.39 Å². The third kappa shape index (κ3) is 2.42. The van der Waals surface area contributed by atoms with E-state index in [-0.39, 0.29) is 5.43 Å². The first-order chi connectivity index (χ1) is 11.6. The third-order valence-electron chi connectivity index (χ3n) is 4.69. The van der Waals surface area contributed by atoms with E-state index in [9.17, 15) is 4.79 Å². The average molecular weight is 317 g/mol. The monoisotopic (exact) mass is 317 g/mol. The second kappa shape index (κ2) is 5.68. The van der Waals surface area contributed by atoms with Crippen molar-refractivity contribution in [3.05, 3.63) is 75.1 Å². The number of rotatable bonds is 1. The maximum atomic E-state index is 12.8. The Labute approximate surface area is 140 Å². The maximum absolute atomic E-state index is 12.8. The highest BCUT2D eigenvalue weighted by Crippen LogP contribution is 2.33. The number of fused-ring (bicyclic) bond motifs is 2. The molecule has 0 amide bonds. The molecule has 1 aromatic heterocycles. The summed E-state index contributed by atoms with van der Waals surface area (Å²) in [5, 5.41) is 0.611. The van der Waals surface area contributed by atoms with Gasteiger partial charge in [-0.2, -0.15) is 0 Å². The van der Waals surface area contributed by atoms with Gasteiger partial charge in [0, 0.05) is 17.3 Å². The van der Waals surface area contributed by atoms with Crippen LogP contribution in [0.5, 0.6) is 0 Å². The summed E-state index contributed by atoms with van der Waals surface area (Å²) in [6.45, 7) is 2.09. The Bertz CT molecular complexity index is 1030. The van der Waals surface area contributed by atoms with Crippen LogP contribution < -0.4 is 11.2 Å². The van der Waals surface area contributed by atoms with Crippen molar-refractivity contribution in [2.45, 2.75) is 26.2 Å². The first-order valence-corrected chi connectivity index (χ1v) is 8.25. The normalized spacial score (nSPS) is 15.6. The van der Waals surface area contributed by atoms with E-state index in [0.29, 0.717) is 16.7 Å². The van der Waals surface area contributed by atoms with E-state index in [1.807, 2.05) is 12.1 Å². The first-order valence-electron chi connectivity index (χ1n) is 8.25. The summed E-state index contributed by atoms with van der Waals surface area (Å²) < 4.78 is 6.12. The SMILES string of the molecule is Cc1ccccc1/C=C1/CCCc2c1oc1cc(N)ccc1c2=O. The second-order valence-corrected chi connectivity index (χ2v) is 6.37. The standard InChI is InChI=1S/C21H19NO2/c1-13-5-2-3-6-14(13)11-15-7-4-8-18-20(23)17-10-9-16(22)12-19(17)24-21(15)18/h2-3,5-6,9-12H,4,7-8,22H2,1H3/b15-11-. The summed E-state index contributed by atoms with van der Waals surface area (Å²) in [5.74, 6) is 0.729. The van der Waals surface area contributed by atoms with Gasteiger partial charge in [0.2, 0.25) is 0 Å². The molecule has 0 bridgehead atoms. The molecule has 1 aliphatic rings. The van der Waals surface area contributed by atoms with E-state index in [1.165, 1.54) is 5.56 Å². The Morgan fingerprint density at radius 1 is 1.12 bits per heavy atom. The molecule has 0 unspecified atom stereocenters. The molecule has 3 aromatic rings. The molecular formula is C21H19NO2. The van der Waals surface area contributed by atoms with Gasteiger partial charge in [0.25, 0.3) is 0 Å². The van der Waals surface area contributed by atoms with Crippen LogP contribution in [-0.4, -0.2) is 0 Å². The van der Waals surface area contributed by atoms with Crippen molar-refractivity contribution in [2.24, 2.45) is 0 Å². The van der Waals surface area contributed by atoms with E-state index in [1.54, 1.807) is 18.2 Å². The van der Waals surface area contributed by atoms with Crippen LogP contribution in [0.25, 0.3) is 22.6 Å². The summed E-state index contributed by atoms with van der Waals surface area (Å²) in [6.07, 6.45) is 4.80. The van der Waals surface area contributed by atoms with Crippen molar-refractivity contribution in [1.29, 1.82) is 0 Å². The van der Waals surface area contributed by atoms with Crippen LogP contribution in [0.4, 0.5) is 5.69 Å². The molecule has 0 radical (unpaired) electrons. The zero-order valence-corrected chi connectivity index (χ0v) is 13.6. The van der Waals surface area contributed by atoms with Gasteiger partial charge >= 0.3 is 0 Å². The van der Waals surface area contributed by atoms with E-state index < -0.39 is 0 Å². The van der Waals surface area contributed by atoms with Crippen molar-refractivity contribution < 1.29 is 4.42 Å². The van der Waals surface area contributed by atoms with Gasteiger partial charge in [-0.15, -0.1) is 0 Å². The number of aryl methyl sites for hydroxylation is 1. The van der Waals surface area contributed by atoms with Crippen molar-refractivity contribution in [3.8, 4) is 0 Å². The van der Waals surface area contributed by atoms with Crippen LogP contribution in [-0.2, 0) is 6.42 Å². The predicted octanol–water partition coefficient (Wildman–Crippen LogP) is 4.56. The fourth-order valence-electron chi connectivity index (χ4n) is 3.38. The lowest BCUT2D eigenvalue weighted by Crippen LogP contribution is -2.16. The fourth-order valence-corrected chi connectivity index (χ4v) is 3.38. The van der Waals surface area contributed by atoms with Crippen LogP contribution in [0.1, 0.15) is 35.3 Å². The average Bonchev–Trinajstić information content (AvgIpc) is 2.57. The van der Waals surface area contributed by atoms with Gasteiger partial charge in [-0.05, 0) is 61.1 Å². The topological polar surface area (TPSA) is 56.2 Å². The highest BCUT2D eigenvalue weighted by Gasteiger charge is 2.21. The number of nitrogens with two attached hydrogens (primary N) is 1. The van der Waals surface area contributed by atoms with Gasteiger partial charge < -0.3 is 10.2 Å². The van der Waals surface area contributed by atoms with Crippen LogP contribution in [0.3, 0.4) is 0 Å². The molecule has 0 saturated heterocycles. The Morgan fingerprint density at radius 2 is 1.96 bits per heavy atom. The quantitative estimate of drug-likeness (QED) is 0.669. The van der Waals surface area contributed by atoms with Crippen LogP contribution in [0, 0.1) is 6.92 Å². The molecule has 1 aliphatic carbocycles. The summed E-state index contributed by atoms with van der Waals surface area (Å²) in [7, 11) is 0. The Balaban J connectivity index is 1.96. The molecule has 2 N–H and O–H groups in total. The minimum Gasteiger partial charge on any atom is -0.456 e. The number of hydrogen-bond donors (Lipinski definition) is 1. The van der Waals surface area contributed by atoms with E-state index in [2.05, 4.69) is 25.1 Å². The van der Waals surface area contributed by atoms with Gasteiger partial charge in [0.15, 0.2) is 5.43 Å². The lowest BCUT2D eigenvalue weighted by molar-refractivity contribution is 0.559. The lowest BCUT2D eigenvalue weighted by Gasteiger charge is -2.18. The smallest absolute Gasteiger partial charge is 0.196 e. The molecule has 0 aliphatic heterocycles. The predicted molar refractivity (Wildman–Crippen MR) is 98.9 cm³/mol. The molecule has 0 fully saturated rings. The zero-order chi connectivity index (χ0) is 16.7. The molecule has 0 saturated carbocycles. The molecule has 2 aromatic carbocycles. The molecular weight excluding hydrogens is 298 g/mol. The van der Waals surface area contributed by atoms with Crippen LogP contribution in [0.15, 0.2) is 51.7 Å². The third-order valence-corrected chi connectivity index (χ3v) is 4.69. The Morgan fingerprint density at radius 3 is 2.79 bits per heavy atom. The number of hydrogen-bond acceptors (Lipinski definition) is 3. The van der Waals surface area contributed by atoms with Gasteiger partial charge in [-0.1, -0.05) is 24.3 Å². The second-order valence-electron chi connectivity index (χ2n) is 6.37. The van der Waals surface area contributed by atoms with E-state index in [0.717, 1.165) is 41.7 Å². The minimum absolute atomic E-state index is 0.0710. The lowest BCUT2D eigenvalue weighted by atomic mass is 9.89. The minimum atomic E-state index is 0.0710. The summed E-state index contributed by atoms with van der Waals surface area (Å²) in [6, 6.07) is 13.5. The molecule has 1 heterocycles. The fraction of sp³-hybridized carbons (Fsp3) is 0.190. The summed E-state index contributed by atoms with van der Waals surface area (Å²) in [5.41, 5.74) is 11.3. The van der Waals surface area contributed by atoms with Gasteiger partial charge in [0.1, 0.15) is 11.3 Å². The summed E-state index contributed by atoms with van der Waals surface area (Å²) in [4.78, 5) is 12.8.